The molecule has 0 radical (unpaired) electrons. The highest BCUT2D eigenvalue weighted by atomic mass is 32.2. The Morgan fingerprint density at radius 3 is 2.41 bits per heavy atom. The molecule has 8 heteroatoms. The summed E-state index contributed by atoms with van der Waals surface area (Å²) in [6, 6.07) is 12.6. The van der Waals surface area contributed by atoms with Crippen molar-refractivity contribution in [1.29, 1.82) is 0 Å². The average Bonchev–Trinajstić information content (AvgIpc) is 2.70. The lowest BCUT2D eigenvalue weighted by Gasteiger charge is -2.33. The fourth-order valence-corrected chi connectivity index (χ4v) is 5.16. The van der Waals surface area contributed by atoms with E-state index in [4.69, 9.17) is 0 Å². The van der Waals surface area contributed by atoms with E-state index in [-0.39, 0.29) is 16.7 Å². The predicted octanol–water partition coefficient (Wildman–Crippen LogP) is 3.14. The smallest absolute Gasteiger partial charge is 0.243 e. The molecule has 0 spiro atoms. The van der Waals surface area contributed by atoms with Gasteiger partial charge in [-0.2, -0.15) is 4.31 Å². The summed E-state index contributed by atoms with van der Waals surface area (Å²) in [5.74, 6) is -0.523. The van der Waals surface area contributed by atoms with Gasteiger partial charge in [0.2, 0.25) is 21.8 Å². The molecule has 2 N–H and O–H groups in total. The molecule has 1 atom stereocenters. The molecule has 1 unspecified atom stereocenters. The molecule has 1 aliphatic rings. The van der Waals surface area contributed by atoms with Crippen molar-refractivity contribution in [2.45, 2.75) is 44.0 Å². The number of anilines is 2. The first-order valence-electron chi connectivity index (χ1n) is 9.55. The van der Waals surface area contributed by atoms with E-state index in [2.05, 4.69) is 10.6 Å². The second kappa shape index (κ2) is 8.75. The van der Waals surface area contributed by atoms with Crippen LogP contribution < -0.4 is 10.6 Å². The van der Waals surface area contributed by atoms with Crippen LogP contribution in [0.2, 0.25) is 0 Å². The lowest BCUT2D eigenvalue weighted by atomic mass is 10.0. The van der Waals surface area contributed by atoms with Gasteiger partial charge in [0, 0.05) is 24.8 Å². The molecule has 7 nitrogen and oxygen atoms in total. The van der Waals surface area contributed by atoms with E-state index in [1.54, 1.807) is 48.5 Å². The van der Waals surface area contributed by atoms with Crippen LogP contribution in [-0.2, 0) is 19.6 Å². The van der Waals surface area contributed by atoms with Crippen LogP contribution in [0.3, 0.4) is 0 Å². The zero-order chi connectivity index (χ0) is 21.0. The standard InChI is InChI=1S/C21H25N3O4S/c1-15-14-17(11-12-19(15)22-16(2)25)23-21(26)20-10-6-7-13-24(20)29(27,28)18-8-4-3-5-9-18/h3-5,8-9,11-12,14,20H,6-7,10,13H2,1-2H3,(H,22,25)(H,23,26). The van der Waals surface area contributed by atoms with Crippen LogP contribution in [0.15, 0.2) is 53.4 Å². The summed E-state index contributed by atoms with van der Waals surface area (Å²) in [7, 11) is -3.75. The van der Waals surface area contributed by atoms with Crippen molar-refractivity contribution in [1.82, 2.24) is 4.31 Å². The Morgan fingerprint density at radius 1 is 1.03 bits per heavy atom. The summed E-state index contributed by atoms with van der Waals surface area (Å²) >= 11 is 0. The molecule has 2 amide bonds. The first kappa shape index (κ1) is 21.0. The Bertz CT molecular complexity index is 1010. The van der Waals surface area contributed by atoms with Crippen LogP contribution in [-0.4, -0.2) is 37.1 Å². The molecule has 2 aromatic carbocycles. The Morgan fingerprint density at radius 2 is 1.76 bits per heavy atom. The number of carbonyl (C=O) groups is 2. The Labute approximate surface area is 171 Å². The van der Waals surface area contributed by atoms with Gasteiger partial charge in [-0.15, -0.1) is 0 Å². The minimum atomic E-state index is -3.75. The maximum Gasteiger partial charge on any atom is 0.243 e. The third-order valence-electron chi connectivity index (χ3n) is 4.91. The first-order chi connectivity index (χ1) is 13.8. The number of nitrogens with one attached hydrogen (secondary N) is 2. The van der Waals surface area contributed by atoms with Crippen LogP contribution in [0, 0.1) is 6.92 Å². The maximum atomic E-state index is 13.1. The van der Waals surface area contributed by atoms with Crippen molar-refractivity contribution < 1.29 is 18.0 Å². The molecule has 0 bridgehead atoms. The van der Waals surface area contributed by atoms with Gasteiger partial charge in [-0.05, 0) is 55.7 Å². The van der Waals surface area contributed by atoms with E-state index in [1.807, 2.05) is 6.92 Å². The second-order valence-electron chi connectivity index (χ2n) is 7.14. The van der Waals surface area contributed by atoms with E-state index >= 15 is 0 Å². The first-order valence-corrected chi connectivity index (χ1v) is 11.0. The Balaban J connectivity index is 1.80. The lowest BCUT2D eigenvalue weighted by molar-refractivity contribution is -0.120. The number of hydrogen-bond acceptors (Lipinski definition) is 4. The SMILES string of the molecule is CC(=O)Nc1ccc(NC(=O)C2CCCCN2S(=O)(=O)c2ccccc2)cc1C. The summed E-state index contributed by atoms with van der Waals surface area (Å²) in [5.41, 5.74) is 2.03. The van der Waals surface area contributed by atoms with Gasteiger partial charge in [-0.1, -0.05) is 24.6 Å². The Hall–Kier alpha value is -2.71. The highest BCUT2D eigenvalue weighted by Gasteiger charge is 2.37. The maximum absolute atomic E-state index is 13.1. The molecule has 2 aromatic rings. The van der Waals surface area contributed by atoms with Crippen molar-refractivity contribution in [3.63, 3.8) is 0 Å². The summed E-state index contributed by atoms with van der Waals surface area (Å²) in [6.45, 7) is 3.57. The van der Waals surface area contributed by atoms with Gasteiger partial charge in [-0.25, -0.2) is 8.42 Å². The minimum Gasteiger partial charge on any atom is -0.326 e. The van der Waals surface area contributed by atoms with Gasteiger partial charge in [0.25, 0.3) is 0 Å². The third-order valence-corrected chi connectivity index (χ3v) is 6.83. The number of piperidine rings is 1. The Kier molecular flexibility index (Phi) is 6.34. The zero-order valence-electron chi connectivity index (χ0n) is 16.5. The molecule has 0 aliphatic carbocycles. The number of benzene rings is 2. The molecule has 1 saturated heterocycles. The molecule has 1 aliphatic heterocycles. The third kappa shape index (κ3) is 4.83. The van der Waals surface area contributed by atoms with E-state index in [0.717, 1.165) is 18.4 Å². The van der Waals surface area contributed by atoms with E-state index in [1.165, 1.54) is 11.2 Å². The normalized spacial score (nSPS) is 17.5. The molecular formula is C21H25N3O4S. The molecule has 0 saturated carbocycles. The number of amides is 2. The van der Waals surface area contributed by atoms with E-state index in [0.29, 0.717) is 24.3 Å². The number of hydrogen-bond donors (Lipinski definition) is 2. The van der Waals surface area contributed by atoms with Crippen molar-refractivity contribution >= 4 is 33.2 Å². The number of sulfonamides is 1. The van der Waals surface area contributed by atoms with Crippen molar-refractivity contribution in [2.24, 2.45) is 0 Å². The van der Waals surface area contributed by atoms with Crippen molar-refractivity contribution in [2.75, 3.05) is 17.2 Å². The fraction of sp³-hybridized carbons (Fsp3) is 0.333. The summed E-state index contributed by atoms with van der Waals surface area (Å²) in [6.07, 6.45) is 1.99. The van der Waals surface area contributed by atoms with Gasteiger partial charge < -0.3 is 10.6 Å². The average molecular weight is 416 g/mol. The summed E-state index contributed by atoms with van der Waals surface area (Å²) in [4.78, 5) is 24.4. The van der Waals surface area contributed by atoms with Gasteiger partial charge in [-0.3, -0.25) is 9.59 Å². The monoisotopic (exact) mass is 415 g/mol. The van der Waals surface area contributed by atoms with Gasteiger partial charge in [0.15, 0.2) is 0 Å². The van der Waals surface area contributed by atoms with Crippen LogP contribution in [0.1, 0.15) is 31.7 Å². The summed E-state index contributed by atoms with van der Waals surface area (Å²) < 4.78 is 27.4. The number of carbonyl (C=O) groups excluding carboxylic acids is 2. The fourth-order valence-electron chi connectivity index (χ4n) is 3.48. The number of aryl methyl sites for hydroxylation is 1. The minimum absolute atomic E-state index is 0.172. The molecule has 0 aromatic heterocycles. The van der Waals surface area contributed by atoms with Crippen LogP contribution in [0.4, 0.5) is 11.4 Å². The van der Waals surface area contributed by atoms with Gasteiger partial charge >= 0.3 is 0 Å². The van der Waals surface area contributed by atoms with E-state index in [9.17, 15) is 18.0 Å². The van der Waals surface area contributed by atoms with Gasteiger partial charge in [0.05, 0.1) is 4.90 Å². The topological polar surface area (TPSA) is 95.6 Å². The number of rotatable bonds is 5. The number of nitrogens with zero attached hydrogens (tertiary/aromatic N) is 1. The van der Waals surface area contributed by atoms with Crippen molar-refractivity contribution in [3.05, 3.63) is 54.1 Å². The molecule has 154 valence electrons. The quantitative estimate of drug-likeness (QED) is 0.784. The molecule has 3 rings (SSSR count). The highest BCUT2D eigenvalue weighted by molar-refractivity contribution is 7.89. The summed E-state index contributed by atoms with van der Waals surface area (Å²) in [5, 5.41) is 5.55. The van der Waals surface area contributed by atoms with Crippen LogP contribution in [0.5, 0.6) is 0 Å². The van der Waals surface area contributed by atoms with Crippen LogP contribution in [0.25, 0.3) is 0 Å². The predicted molar refractivity (Wildman–Crippen MR) is 112 cm³/mol. The van der Waals surface area contributed by atoms with Crippen molar-refractivity contribution in [3.8, 4) is 0 Å². The zero-order valence-corrected chi connectivity index (χ0v) is 17.3. The largest absolute Gasteiger partial charge is 0.326 e. The molecular weight excluding hydrogens is 390 g/mol. The van der Waals surface area contributed by atoms with Gasteiger partial charge in [0.1, 0.15) is 6.04 Å². The van der Waals surface area contributed by atoms with Crippen LogP contribution >= 0.6 is 0 Å². The molecule has 29 heavy (non-hydrogen) atoms. The second-order valence-corrected chi connectivity index (χ2v) is 9.03. The molecule has 1 heterocycles. The molecule has 1 fully saturated rings. The highest BCUT2D eigenvalue weighted by Crippen LogP contribution is 2.27. The lowest BCUT2D eigenvalue weighted by Crippen LogP contribution is -2.49. The van der Waals surface area contributed by atoms with E-state index < -0.39 is 16.1 Å².